The quantitative estimate of drug-likeness (QED) is 0.717. The summed E-state index contributed by atoms with van der Waals surface area (Å²) in [5, 5.41) is 0. The molecule has 1 saturated heterocycles. The second kappa shape index (κ2) is 8.73. The molecule has 1 fully saturated rings. The van der Waals surface area contributed by atoms with E-state index in [1.165, 1.54) is 10.4 Å². The van der Waals surface area contributed by atoms with E-state index in [2.05, 4.69) is 4.72 Å². The van der Waals surface area contributed by atoms with Crippen LogP contribution in [-0.2, 0) is 26.5 Å². The van der Waals surface area contributed by atoms with Gasteiger partial charge in [-0.15, -0.1) is 0 Å². The zero-order chi connectivity index (χ0) is 21.1. The molecule has 0 amide bonds. The summed E-state index contributed by atoms with van der Waals surface area (Å²) in [6, 6.07) is 12.1. The van der Waals surface area contributed by atoms with Crippen molar-refractivity contribution < 1.29 is 21.6 Å². The Balaban J connectivity index is 1.73. The molecule has 158 valence electrons. The molecule has 1 aliphatic rings. The number of nitrogens with one attached hydrogen (secondary N) is 1. The molecule has 0 spiro atoms. The second-order valence-electron chi connectivity index (χ2n) is 7.00. The Morgan fingerprint density at radius 3 is 2.59 bits per heavy atom. The minimum atomic E-state index is -3.72. The van der Waals surface area contributed by atoms with Crippen LogP contribution in [0.25, 0.3) is 0 Å². The molecule has 0 bridgehead atoms. The topological polar surface area (TPSA) is 92.8 Å². The Bertz CT molecular complexity index is 1080. The molecule has 1 heterocycles. The Morgan fingerprint density at radius 2 is 1.90 bits per heavy atom. The van der Waals surface area contributed by atoms with Crippen LogP contribution in [0, 0.1) is 6.92 Å². The van der Waals surface area contributed by atoms with Crippen LogP contribution < -0.4 is 13.8 Å². The van der Waals surface area contributed by atoms with Gasteiger partial charge >= 0.3 is 0 Å². The first-order valence-corrected chi connectivity index (χ1v) is 12.6. The van der Waals surface area contributed by atoms with E-state index in [1.807, 2.05) is 24.3 Å². The number of aryl methyl sites for hydroxylation is 1. The zero-order valence-electron chi connectivity index (χ0n) is 16.6. The molecule has 9 heteroatoms. The number of nitrogens with zero attached hydrogens (tertiary/aromatic N) is 1. The van der Waals surface area contributed by atoms with Crippen LogP contribution >= 0.6 is 0 Å². The lowest BCUT2D eigenvalue weighted by Gasteiger charge is -2.28. The number of methoxy groups -OCH3 is 1. The van der Waals surface area contributed by atoms with E-state index in [9.17, 15) is 16.8 Å². The Labute approximate surface area is 172 Å². The maximum Gasteiger partial charge on any atom is 0.240 e. The monoisotopic (exact) mass is 438 g/mol. The molecule has 2 aromatic carbocycles. The number of rotatable bonds is 7. The molecule has 0 saturated carbocycles. The highest BCUT2D eigenvalue weighted by atomic mass is 32.2. The third kappa shape index (κ3) is 4.91. The molecule has 0 unspecified atom stereocenters. The van der Waals surface area contributed by atoms with Gasteiger partial charge in [-0.1, -0.05) is 18.2 Å². The maximum atomic E-state index is 12.7. The lowest BCUT2D eigenvalue weighted by atomic mass is 10.1. The van der Waals surface area contributed by atoms with Gasteiger partial charge in [-0.2, -0.15) is 0 Å². The molecular formula is C20H26N2O5S2. The van der Waals surface area contributed by atoms with Crippen molar-refractivity contribution in [2.24, 2.45) is 0 Å². The predicted octanol–water partition coefficient (Wildman–Crippen LogP) is 2.45. The summed E-state index contributed by atoms with van der Waals surface area (Å²) >= 11 is 0. The van der Waals surface area contributed by atoms with Crippen LogP contribution in [0.5, 0.6) is 5.75 Å². The highest BCUT2D eigenvalue weighted by molar-refractivity contribution is 7.92. The third-order valence-corrected chi connectivity index (χ3v) is 8.46. The smallest absolute Gasteiger partial charge is 0.240 e. The van der Waals surface area contributed by atoms with Crippen molar-refractivity contribution in [2.45, 2.75) is 31.1 Å². The standard InChI is InChI=1S/C20H26N2O5S2/c1-16-15-18(22-13-5-6-14-28(22,23)24)9-10-20(16)29(25,26)21-12-11-17-7-3-4-8-19(17)27-2/h3-4,7-10,15,21H,5-6,11-14H2,1-2H3. The van der Waals surface area contributed by atoms with E-state index in [-0.39, 0.29) is 17.2 Å². The number of para-hydroxylation sites is 1. The molecule has 0 aliphatic carbocycles. The average molecular weight is 439 g/mol. The Hall–Kier alpha value is -2.10. The van der Waals surface area contributed by atoms with E-state index in [0.29, 0.717) is 30.6 Å². The van der Waals surface area contributed by atoms with Crippen LogP contribution in [0.4, 0.5) is 5.69 Å². The van der Waals surface area contributed by atoms with Gasteiger partial charge in [0.25, 0.3) is 0 Å². The molecule has 1 aliphatic heterocycles. The van der Waals surface area contributed by atoms with Crippen LogP contribution in [0.1, 0.15) is 24.0 Å². The van der Waals surface area contributed by atoms with E-state index in [4.69, 9.17) is 4.74 Å². The highest BCUT2D eigenvalue weighted by Gasteiger charge is 2.27. The fourth-order valence-corrected chi connectivity index (χ4v) is 6.36. The largest absolute Gasteiger partial charge is 0.496 e. The van der Waals surface area contributed by atoms with Crippen LogP contribution in [0.2, 0.25) is 0 Å². The van der Waals surface area contributed by atoms with E-state index < -0.39 is 20.0 Å². The second-order valence-corrected chi connectivity index (χ2v) is 10.8. The van der Waals surface area contributed by atoms with Crippen molar-refractivity contribution in [2.75, 3.05) is 30.3 Å². The van der Waals surface area contributed by atoms with Crippen LogP contribution in [0.15, 0.2) is 47.4 Å². The number of benzene rings is 2. The first-order chi connectivity index (χ1) is 13.7. The third-order valence-electron chi connectivity index (χ3n) is 4.96. The van der Waals surface area contributed by atoms with Crippen molar-refractivity contribution in [3.63, 3.8) is 0 Å². The SMILES string of the molecule is COc1ccccc1CCNS(=O)(=O)c1ccc(N2CCCCS2(=O)=O)cc1C. The first-order valence-electron chi connectivity index (χ1n) is 9.47. The number of ether oxygens (including phenoxy) is 1. The van der Waals surface area contributed by atoms with Crippen LogP contribution in [-0.4, -0.2) is 42.8 Å². The molecule has 0 radical (unpaired) electrons. The van der Waals surface area contributed by atoms with Gasteiger partial charge < -0.3 is 4.74 Å². The van der Waals surface area contributed by atoms with Crippen molar-refractivity contribution in [1.82, 2.24) is 4.72 Å². The summed E-state index contributed by atoms with van der Waals surface area (Å²) in [5.41, 5.74) is 1.93. The van der Waals surface area contributed by atoms with Crippen molar-refractivity contribution in [3.05, 3.63) is 53.6 Å². The van der Waals surface area contributed by atoms with Crippen molar-refractivity contribution in [3.8, 4) is 5.75 Å². The normalized spacial score (nSPS) is 16.6. The first kappa shape index (κ1) is 21.6. The molecular weight excluding hydrogens is 412 g/mol. The minimum Gasteiger partial charge on any atom is -0.496 e. The van der Waals surface area contributed by atoms with Crippen LogP contribution in [0.3, 0.4) is 0 Å². The Morgan fingerprint density at radius 1 is 1.14 bits per heavy atom. The molecule has 0 aromatic heterocycles. The van der Waals surface area contributed by atoms with Gasteiger partial charge in [0, 0.05) is 13.1 Å². The summed E-state index contributed by atoms with van der Waals surface area (Å²) in [7, 11) is -5.47. The average Bonchev–Trinajstić information content (AvgIpc) is 2.67. The minimum absolute atomic E-state index is 0.122. The summed E-state index contributed by atoms with van der Waals surface area (Å²) in [4.78, 5) is 0.149. The summed E-state index contributed by atoms with van der Waals surface area (Å²) in [6.07, 6.45) is 1.94. The number of anilines is 1. The van der Waals surface area contributed by atoms with E-state index >= 15 is 0 Å². The number of hydrogen-bond acceptors (Lipinski definition) is 5. The van der Waals surface area contributed by atoms with Gasteiger partial charge in [0.1, 0.15) is 5.75 Å². The number of sulfonamides is 2. The van der Waals surface area contributed by atoms with Crippen molar-refractivity contribution >= 4 is 25.7 Å². The summed E-state index contributed by atoms with van der Waals surface area (Å²) in [5.74, 6) is 0.839. The fraction of sp³-hybridized carbons (Fsp3) is 0.400. The zero-order valence-corrected chi connectivity index (χ0v) is 18.2. The van der Waals surface area contributed by atoms with Gasteiger partial charge in [-0.3, -0.25) is 4.31 Å². The lowest BCUT2D eigenvalue weighted by molar-refractivity contribution is 0.409. The molecule has 29 heavy (non-hydrogen) atoms. The molecule has 7 nitrogen and oxygen atoms in total. The molecule has 0 atom stereocenters. The number of hydrogen-bond donors (Lipinski definition) is 1. The Kier molecular flexibility index (Phi) is 6.50. The molecule has 1 N–H and O–H groups in total. The van der Waals surface area contributed by atoms with Crippen molar-refractivity contribution in [1.29, 1.82) is 0 Å². The van der Waals surface area contributed by atoms with Gasteiger partial charge in [-0.05, 0) is 61.6 Å². The highest BCUT2D eigenvalue weighted by Crippen LogP contribution is 2.27. The van der Waals surface area contributed by atoms with Gasteiger partial charge in [-0.25, -0.2) is 21.6 Å². The van der Waals surface area contributed by atoms with E-state index in [1.54, 1.807) is 26.2 Å². The predicted molar refractivity (Wildman–Crippen MR) is 113 cm³/mol. The summed E-state index contributed by atoms with van der Waals surface area (Å²) in [6.45, 7) is 2.32. The van der Waals surface area contributed by atoms with Gasteiger partial charge in [0.2, 0.25) is 20.0 Å². The fourth-order valence-electron chi connectivity index (χ4n) is 3.48. The lowest BCUT2D eigenvalue weighted by Crippen LogP contribution is -2.38. The van der Waals surface area contributed by atoms with Gasteiger partial charge in [0.05, 0.1) is 23.4 Å². The molecule has 3 rings (SSSR count). The van der Waals surface area contributed by atoms with Gasteiger partial charge in [0.15, 0.2) is 0 Å². The maximum absolute atomic E-state index is 12.7. The summed E-state index contributed by atoms with van der Waals surface area (Å²) < 4.78 is 59.3. The molecule has 2 aromatic rings. The van der Waals surface area contributed by atoms with E-state index in [0.717, 1.165) is 17.7 Å².